The highest BCUT2D eigenvalue weighted by Gasteiger charge is 2.32. The fraction of sp³-hybridized carbons (Fsp3) is 0.609. The van der Waals surface area contributed by atoms with Crippen molar-refractivity contribution in [1.82, 2.24) is 10.6 Å². The lowest BCUT2D eigenvalue weighted by Crippen LogP contribution is -2.54. The van der Waals surface area contributed by atoms with Crippen LogP contribution in [0.25, 0.3) is 0 Å². The molecule has 0 aliphatic carbocycles. The van der Waals surface area contributed by atoms with Crippen molar-refractivity contribution in [2.24, 2.45) is 16.5 Å². The molecule has 0 aliphatic heterocycles. The number of rotatable bonds is 11. The molecule has 1 rings (SSSR count). The maximum Gasteiger partial charge on any atom is 0.328 e. The van der Waals surface area contributed by atoms with E-state index >= 15 is 0 Å². The van der Waals surface area contributed by atoms with Crippen molar-refractivity contribution in [2.45, 2.75) is 72.0 Å². The topological polar surface area (TPSA) is 114 Å². The summed E-state index contributed by atoms with van der Waals surface area (Å²) in [6.45, 7) is 9.54. The average molecular weight is 434 g/mol. The molecular formula is C23H35N3O5. The van der Waals surface area contributed by atoms with Gasteiger partial charge in [0, 0.05) is 6.42 Å². The quantitative estimate of drug-likeness (QED) is 0.411. The number of amides is 2. The number of carbonyl (C=O) groups is 3. The monoisotopic (exact) mass is 433 g/mol. The number of carbonyl (C=O) groups excluding carboxylic acids is 3. The molecule has 0 fully saturated rings. The molecule has 2 amide bonds. The largest absolute Gasteiger partial charge is 0.467 e. The summed E-state index contributed by atoms with van der Waals surface area (Å²) in [5.41, 5.74) is 0.579. The minimum absolute atomic E-state index is 0.0898. The summed E-state index contributed by atoms with van der Waals surface area (Å²) in [4.78, 5) is 49.1. The molecular weight excluding hydrogens is 398 g/mol. The predicted molar refractivity (Wildman–Crippen MR) is 119 cm³/mol. The summed E-state index contributed by atoms with van der Waals surface area (Å²) in [5.74, 6) is -1.59. The van der Waals surface area contributed by atoms with Crippen LogP contribution in [0.1, 0.15) is 53.0 Å². The van der Waals surface area contributed by atoms with E-state index in [1.165, 1.54) is 7.11 Å². The first-order valence-corrected chi connectivity index (χ1v) is 10.5. The van der Waals surface area contributed by atoms with Crippen molar-refractivity contribution < 1.29 is 19.1 Å². The molecule has 1 aromatic rings. The van der Waals surface area contributed by atoms with Crippen molar-refractivity contribution in [1.29, 1.82) is 0 Å². The summed E-state index contributed by atoms with van der Waals surface area (Å²) in [5, 5.41) is 8.30. The number of nitrogens with one attached hydrogen (secondary N) is 2. The smallest absolute Gasteiger partial charge is 0.328 e. The zero-order chi connectivity index (χ0) is 23.6. The van der Waals surface area contributed by atoms with E-state index < -0.39 is 35.9 Å². The summed E-state index contributed by atoms with van der Waals surface area (Å²) >= 11 is 0. The molecule has 8 heteroatoms. The van der Waals surface area contributed by atoms with Gasteiger partial charge in [-0.05, 0) is 29.7 Å². The van der Waals surface area contributed by atoms with Crippen LogP contribution in [0.4, 0.5) is 0 Å². The third-order valence-corrected chi connectivity index (χ3v) is 4.66. The standard InChI is InChI=1S/C23H35N3O5/c1-15(2)12-17(24-21(28)19(26-30)14-23(3,4)5)20(27)25-18(22(29)31-6)13-16-10-8-7-9-11-16/h7-11,15,17-19H,12-14H2,1-6H3,(H,24,28)(H,25,27). The number of hydrogen-bond donors (Lipinski definition) is 2. The summed E-state index contributed by atoms with van der Waals surface area (Å²) in [7, 11) is 1.26. The van der Waals surface area contributed by atoms with E-state index in [0.717, 1.165) is 5.56 Å². The normalized spacial score (nSPS) is 14.3. The Morgan fingerprint density at radius 2 is 1.58 bits per heavy atom. The highest BCUT2D eigenvalue weighted by Crippen LogP contribution is 2.22. The molecule has 8 nitrogen and oxygen atoms in total. The van der Waals surface area contributed by atoms with Gasteiger partial charge in [-0.15, -0.1) is 4.91 Å². The van der Waals surface area contributed by atoms with Gasteiger partial charge >= 0.3 is 5.97 Å². The van der Waals surface area contributed by atoms with E-state index in [4.69, 9.17) is 4.74 Å². The molecule has 0 saturated carbocycles. The molecule has 1 aromatic carbocycles. The van der Waals surface area contributed by atoms with Crippen LogP contribution in [0.3, 0.4) is 0 Å². The van der Waals surface area contributed by atoms with Crippen LogP contribution < -0.4 is 10.6 Å². The molecule has 0 saturated heterocycles. The lowest BCUT2D eigenvalue weighted by molar-refractivity contribution is -0.145. The summed E-state index contributed by atoms with van der Waals surface area (Å²) in [6.07, 6.45) is 0.860. The van der Waals surface area contributed by atoms with Gasteiger partial charge in [-0.3, -0.25) is 9.59 Å². The molecule has 0 radical (unpaired) electrons. The first-order valence-electron chi connectivity index (χ1n) is 10.5. The Kier molecular flexibility index (Phi) is 10.3. The van der Waals surface area contributed by atoms with Crippen molar-refractivity contribution in [3.8, 4) is 0 Å². The van der Waals surface area contributed by atoms with Gasteiger partial charge in [-0.1, -0.05) is 70.1 Å². The molecule has 0 aliphatic rings. The van der Waals surface area contributed by atoms with Gasteiger partial charge in [-0.2, -0.15) is 0 Å². The Morgan fingerprint density at radius 3 is 2.06 bits per heavy atom. The SMILES string of the molecule is COC(=O)C(Cc1ccccc1)NC(=O)C(CC(C)C)NC(=O)C(CC(C)(C)C)N=O. The van der Waals surface area contributed by atoms with E-state index in [2.05, 4.69) is 15.8 Å². The van der Waals surface area contributed by atoms with E-state index in [0.29, 0.717) is 6.42 Å². The predicted octanol–water partition coefficient (Wildman–Crippen LogP) is 2.99. The number of nitroso groups, excluding NO2 is 1. The molecule has 3 atom stereocenters. The number of ether oxygens (including phenoxy) is 1. The van der Waals surface area contributed by atoms with Crippen LogP contribution >= 0.6 is 0 Å². The lowest BCUT2D eigenvalue weighted by atomic mass is 9.88. The molecule has 0 spiro atoms. The van der Waals surface area contributed by atoms with Gasteiger partial charge in [0.25, 0.3) is 0 Å². The van der Waals surface area contributed by atoms with E-state index in [1.807, 2.05) is 65.0 Å². The molecule has 3 unspecified atom stereocenters. The second-order valence-electron chi connectivity index (χ2n) is 9.35. The van der Waals surface area contributed by atoms with Gasteiger partial charge in [0.15, 0.2) is 6.04 Å². The Bertz CT molecular complexity index is 743. The van der Waals surface area contributed by atoms with Gasteiger partial charge in [0.1, 0.15) is 12.1 Å². The average Bonchev–Trinajstić information content (AvgIpc) is 2.69. The number of nitrogens with zero attached hydrogens (tertiary/aromatic N) is 1. The van der Waals surface area contributed by atoms with Crippen LogP contribution in [0.2, 0.25) is 0 Å². The highest BCUT2D eigenvalue weighted by atomic mass is 16.5. The van der Waals surface area contributed by atoms with Crippen molar-refractivity contribution in [3.63, 3.8) is 0 Å². The maximum absolute atomic E-state index is 13.0. The summed E-state index contributed by atoms with van der Waals surface area (Å²) in [6, 6.07) is 6.34. The molecule has 172 valence electrons. The molecule has 0 aromatic heterocycles. The molecule has 0 bridgehead atoms. The zero-order valence-electron chi connectivity index (χ0n) is 19.3. The summed E-state index contributed by atoms with van der Waals surface area (Å²) < 4.78 is 4.84. The van der Waals surface area contributed by atoms with Gasteiger partial charge in [-0.25, -0.2) is 4.79 Å². The number of methoxy groups -OCH3 is 1. The van der Waals surface area contributed by atoms with Crippen molar-refractivity contribution in [2.75, 3.05) is 7.11 Å². The molecule has 2 N–H and O–H groups in total. The first-order chi connectivity index (χ1) is 14.5. The minimum atomic E-state index is -1.09. The Labute approximate surface area is 184 Å². The van der Waals surface area contributed by atoms with Crippen LogP contribution in [0.15, 0.2) is 35.5 Å². The number of benzene rings is 1. The van der Waals surface area contributed by atoms with E-state index in [9.17, 15) is 19.3 Å². The Morgan fingerprint density at radius 1 is 1.00 bits per heavy atom. The van der Waals surface area contributed by atoms with Crippen LogP contribution in [0, 0.1) is 16.2 Å². The second kappa shape index (κ2) is 12.2. The van der Waals surface area contributed by atoms with Crippen LogP contribution in [-0.2, 0) is 25.5 Å². The third-order valence-electron chi connectivity index (χ3n) is 4.66. The zero-order valence-corrected chi connectivity index (χ0v) is 19.3. The van der Waals surface area contributed by atoms with Gasteiger partial charge < -0.3 is 15.4 Å². The molecule has 0 heterocycles. The fourth-order valence-electron chi connectivity index (χ4n) is 3.19. The van der Waals surface area contributed by atoms with Gasteiger partial charge in [0.2, 0.25) is 11.8 Å². The van der Waals surface area contributed by atoms with Crippen LogP contribution in [0.5, 0.6) is 0 Å². The second-order valence-corrected chi connectivity index (χ2v) is 9.35. The van der Waals surface area contributed by atoms with Crippen molar-refractivity contribution >= 4 is 17.8 Å². The van der Waals surface area contributed by atoms with E-state index in [1.54, 1.807) is 0 Å². The fourth-order valence-corrected chi connectivity index (χ4v) is 3.19. The van der Waals surface area contributed by atoms with E-state index in [-0.39, 0.29) is 24.2 Å². The van der Waals surface area contributed by atoms with Crippen molar-refractivity contribution in [3.05, 3.63) is 40.8 Å². The third kappa shape index (κ3) is 9.72. The molecule has 31 heavy (non-hydrogen) atoms. The highest BCUT2D eigenvalue weighted by molar-refractivity contribution is 5.92. The Hall–Kier alpha value is -2.77. The minimum Gasteiger partial charge on any atom is -0.467 e. The van der Waals surface area contributed by atoms with Gasteiger partial charge in [0.05, 0.1) is 7.11 Å². The number of esters is 1. The first kappa shape index (κ1) is 26.3. The maximum atomic E-state index is 13.0. The lowest BCUT2D eigenvalue weighted by Gasteiger charge is -2.26. The van der Waals surface area contributed by atoms with Crippen LogP contribution in [-0.4, -0.2) is 43.0 Å². The Balaban J connectivity index is 2.97. The number of hydrogen-bond acceptors (Lipinski definition) is 6.